The van der Waals surface area contributed by atoms with Gasteiger partial charge in [0.15, 0.2) is 0 Å². The molecule has 5 nitrogen and oxygen atoms in total. The van der Waals surface area contributed by atoms with Crippen LogP contribution in [0.3, 0.4) is 0 Å². The van der Waals surface area contributed by atoms with Crippen molar-refractivity contribution in [2.45, 2.75) is 6.92 Å². The van der Waals surface area contributed by atoms with Crippen LogP contribution in [0.4, 0.5) is 0 Å². The summed E-state index contributed by atoms with van der Waals surface area (Å²) < 4.78 is 0. The Balaban J connectivity index is 2.08. The van der Waals surface area contributed by atoms with Gasteiger partial charge in [-0.25, -0.2) is 0 Å². The third-order valence-electron chi connectivity index (χ3n) is 3.29. The lowest BCUT2D eigenvalue weighted by atomic mass is 10.00. The maximum Gasteiger partial charge on any atom is 0.234 e. The number of rotatable bonds is 3. The summed E-state index contributed by atoms with van der Waals surface area (Å²) in [6.07, 6.45) is 0. The monoisotopic (exact) mass is 212 g/mol. The maximum absolute atomic E-state index is 11.8. The number of hydrogen-bond acceptors (Lipinski definition) is 4. The standard InChI is InChI=1S/C10H16N2O3/c1-2-12-9(14)7-5-11(3-4-13)6-8(7)10(12)15/h7-8,13H,2-6H2,1H3/t7-,8-/m1/s1. The number of imide groups is 1. The van der Waals surface area contributed by atoms with Gasteiger partial charge in [0.1, 0.15) is 0 Å². The van der Waals surface area contributed by atoms with E-state index in [2.05, 4.69) is 0 Å². The number of amides is 2. The van der Waals surface area contributed by atoms with E-state index < -0.39 is 0 Å². The first-order valence-corrected chi connectivity index (χ1v) is 5.37. The van der Waals surface area contributed by atoms with Crippen molar-refractivity contribution < 1.29 is 14.7 Å². The van der Waals surface area contributed by atoms with Gasteiger partial charge in [-0.05, 0) is 6.92 Å². The summed E-state index contributed by atoms with van der Waals surface area (Å²) in [6.45, 7) is 4.17. The van der Waals surface area contributed by atoms with Gasteiger partial charge in [0.25, 0.3) is 0 Å². The van der Waals surface area contributed by atoms with Crippen molar-refractivity contribution in [2.24, 2.45) is 11.8 Å². The van der Waals surface area contributed by atoms with E-state index in [0.717, 1.165) is 0 Å². The van der Waals surface area contributed by atoms with Crippen LogP contribution < -0.4 is 0 Å². The van der Waals surface area contributed by atoms with Crippen molar-refractivity contribution >= 4 is 11.8 Å². The lowest BCUT2D eigenvalue weighted by molar-refractivity contribution is -0.140. The molecule has 2 amide bonds. The Morgan fingerprint density at radius 1 is 1.27 bits per heavy atom. The Hall–Kier alpha value is -0.940. The molecule has 2 aliphatic rings. The number of carbonyl (C=O) groups is 2. The number of nitrogens with zero attached hydrogens (tertiary/aromatic N) is 2. The Labute approximate surface area is 88.6 Å². The molecular weight excluding hydrogens is 196 g/mol. The summed E-state index contributed by atoms with van der Waals surface area (Å²) in [5, 5.41) is 8.80. The fourth-order valence-electron chi connectivity index (χ4n) is 2.53. The van der Waals surface area contributed by atoms with Crippen LogP contribution in [-0.2, 0) is 9.59 Å². The van der Waals surface area contributed by atoms with Gasteiger partial charge in [0, 0.05) is 26.2 Å². The molecule has 0 aromatic heterocycles. The summed E-state index contributed by atoms with van der Waals surface area (Å²) in [5.74, 6) is -0.395. The Morgan fingerprint density at radius 2 is 1.80 bits per heavy atom. The van der Waals surface area contributed by atoms with Crippen molar-refractivity contribution in [2.75, 3.05) is 32.8 Å². The SMILES string of the molecule is CCN1C(=O)[C@@H]2CN(CCO)C[C@H]2C1=O. The topological polar surface area (TPSA) is 60.9 Å². The average Bonchev–Trinajstić information content (AvgIpc) is 2.70. The van der Waals surface area contributed by atoms with Gasteiger partial charge >= 0.3 is 0 Å². The molecule has 15 heavy (non-hydrogen) atoms. The van der Waals surface area contributed by atoms with Gasteiger partial charge in [-0.3, -0.25) is 19.4 Å². The molecule has 0 aliphatic carbocycles. The number of β-amino-alcohol motifs (C(OH)–C–C–N with tert-alkyl or cyclic N) is 1. The molecule has 0 saturated carbocycles. The summed E-state index contributed by atoms with van der Waals surface area (Å²) in [4.78, 5) is 26.9. The molecule has 0 radical (unpaired) electrons. The number of fused-ring (bicyclic) bond motifs is 1. The lowest BCUT2D eigenvalue weighted by Crippen LogP contribution is -2.36. The second-order valence-corrected chi connectivity index (χ2v) is 4.12. The zero-order chi connectivity index (χ0) is 11.0. The first-order valence-electron chi connectivity index (χ1n) is 5.37. The third-order valence-corrected chi connectivity index (χ3v) is 3.29. The summed E-state index contributed by atoms with van der Waals surface area (Å²) in [5.41, 5.74) is 0. The van der Waals surface area contributed by atoms with Crippen LogP contribution in [0.15, 0.2) is 0 Å². The smallest absolute Gasteiger partial charge is 0.234 e. The summed E-state index contributed by atoms with van der Waals surface area (Å²) in [6, 6.07) is 0. The number of likely N-dealkylation sites (tertiary alicyclic amines) is 2. The van der Waals surface area contributed by atoms with Crippen LogP contribution in [0.2, 0.25) is 0 Å². The average molecular weight is 212 g/mol. The highest BCUT2D eigenvalue weighted by molar-refractivity contribution is 6.05. The minimum Gasteiger partial charge on any atom is -0.395 e. The van der Waals surface area contributed by atoms with Crippen molar-refractivity contribution in [1.82, 2.24) is 9.80 Å². The van der Waals surface area contributed by atoms with Crippen LogP contribution in [0, 0.1) is 11.8 Å². The Bertz CT molecular complexity index is 268. The van der Waals surface area contributed by atoms with Gasteiger partial charge in [-0.15, -0.1) is 0 Å². The second-order valence-electron chi connectivity index (χ2n) is 4.12. The highest BCUT2D eigenvalue weighted by Crippen LogP contribution is 2.32. The fraction of sp³-hybridized carbons (Fsp3) is 0.800. The van der Waals surface area contributed by atoms with E-state index in [0.29, 0.717) is 26.2 Å². The van der Waals surface area contributed by atoms with Gasteiger partial charge in [-0.1, -0.05) is 0 Å². The predicted octanol–water partition coefficient (Wildman–Crippen LogP) is -1.08. The highest BCUT2D eigenvalue weighted by atomic mass is 16.3. The lowest BCUT2D eigenvalue weighted by Gasteiger charge is -2.18. The first-order chi connectivity index (χ1) is 7.19. The van der Waals surface area contributed by atoms with Crippen LogP contribution in [0.1, 0.15) is 6.92 Å². The third kappa shape index (κ3) is 1.55. The predicted molar refractivity (Wildman–Crippen MR) is 52.9 cm³/mol. The van der Waals surface area contributed by atoms with Gasteiger partial charge in [0.2, 0.25) is 11.8 Å². The van der Waals surface area contributed by atoms with Crippen molar-refractivity contribution in [3.63, 3.8) is 0 Å². The molecule has 2 saturated heterocycles. The zero-order valence-corrected chi connectivity index (χ0v) is 8.85. The minimum absolute atomic E-state index is 0.0343. The van der Waals surface area contributed by atoms with Crippen LogP contribution in [0.5, 0.6) is 0 Å². The Morgan fingerprint density at radius 3 is 2.20 bits per heavy atom. The van der Waals surface area contributed by atoms with Crippen molar-refractivity contribution in [3.05, 3.63) is 0 Å². The quantitative estimate of drug-likeness (QED) is 0.604. The molecule has 2 rings (SSSR count). The fourth-order valence-corrected chi connectivity index (χ4v) is 2.53. The number of carbonyl (C=O) groups excluding carboxylic acids is 2. The zero-order valence-electron chi connectivity index (χ0n) is 8.85. The molecule has 5 heteroatoms. The van der Waals surface area contributed by atoms with Gasteiger partial charge in [-0.2, -0.15) is 0 Å². The van der Waals surface area contributed by atoms with Crippen molar-refractivity contribution in [3.8, 4) is 0 Å². The molecule has 0 aromatic carbocycles. The maximum atomic E-state index is 11.8. The van der Waals surface area contributed by atoms with Gasteiger partial charge < -0.3 is 5.11 Å². The highest BCUT2D eigenvalue weighted by Gasteiger charge is 2.51. The molecule has 0 unspecified atom stereocenters. The molecular formula is C10H16N2O3. The summed E-state index contributed by atoms with van der Waals surface area (Å²) in [7, 11) is 0. The normalized spacial score (nSPS) is 31.5. The molecule has 1 N–H and O–H groups in total. The first kappa shape index (κ1) is 10.6. The van der Waals surface area contributed by atoms with E-state index in [4.69, 9.17) is 5.11 Å². The van der Waals surface area contributed by atoms with Crippen LogP contribution in [-0.4, -0.2) is 59.5 Å². The molecule has 2 heterocycles. The van der Waals surface area contributed by atoms with E-state index in [1.54, 1.807) is 0 Å². The molecule has 0 bridgehead atoms. The van der Waals surface area contributed by atoms with Crippen LogP contribution >= 0.6 is 0 Å². The second kappa shape index (κ2) is 3.90. The van der Waals surface area contributed by atoms with E-state index >= 15 is 0 Å². The molecule has 0 aromatic rings. The molecule has 2 aliphatic heterocycles. The molecule has 84 valence electrons. The van der Waals surface area contributed by atoms with E-state index in [1.807, 2.05) is 11.8 Å². The molecule has 2 fully saturated rings. The number of hydrogen-bond donors (Lipinski definition) is 1. The van der Waals surface area contributed by atoms with E-state index in [-0.39, 0.29) is 30.3 Å². The van der Waals surface area contributed by atoms with E-state index in [1.165, 1.54) is 4.90 Å². The number of aliphatic hydroxyl groups is 1. The van der Waals surface area contributed by atoms with Gasteiger partial charge in [0.05, 0.1) is 18.4 Å². The summed E-state index contributed by atoms with van der Waals surface area (Å²) >= 11 is 0. The minimum atomic E-state index is -0.163. The number of aliphatic hydroxyl groups excluding tert-OH is 1. The largest absolute Gasteiger partial charge is 0.395 e. The van der Waals surface area contributed by atoms with Crippen LogP contribution in [0.25, 0.3) is 0 Å². The Kier molecular flexibility index (Phi) is 2.75. The van der Waals surface area contributed by atoms with E-state index in [9.17, 15) is 9.59 Å². The molecule has 2 atom stereocenters. The molecule has 0 spiro atoms. The van der Waals surface area contributed by atoms with Crippen molar-refractivity contribution in [1.29, 1.82) is 0 Å².